The molecule has 0 aliphatic carbocycles. The van der Waals surface area contributed by atoms with Crippen molar-refractivity contribution in [3.63, 3.8) is 0 Å². The van der Waals surface area contributed by atoms with Crippen LogP contribution in [0.25, 0.3) is 0 Å². The van der Waals surface area contributed by atoms with Crippen LogP contribution in [0.3, 0.4) is 0 Å². The second-order valence-corrected chi connectivity index (χ2v) is 5.31. The Hall–Kier alpha value is -1.63. The van der Waals surface area contributed by atoms with Gasteiger partial charge in [0.2, 0.25) is 0 Å². The smallest absolute Gasteiger partial charge is 0.155 e. The summed E-state index contributed by atoms with van der Waals surface area (Å²) >= 11 is 0. The molecule has 164 valence electrons. The van der Waals surface area contributed by atoms with Gasteiger partial charge in [0.1, 0.15) is 12.4 Å². The average Bonchev–Trinajstić information content (AvgIpc) is 2.74. The third-order valence-electron chi connectivity index (χ3n) is 3.14. The summed E-state index contributed by atoms with van der Waals surface area (Å²) in [6, 6.07) is 7.90. The zero-order chi connectivity index (χ0) is 21.5. The highest BCUT2D eigenvalue weighted by atomic mass is 16.5. The van der Waals surface area contributed by atoms with Crippen LogP contribution in [0.15, 0.2) is 24.3 Å². The minimum Gasteiger partial charge on any atom is -0.494 e. The van der Waals surface area contributed by atoms with Crippen molar-refractivity contribution in [3.05, 3.63) is 24.3 Å². The third-order valence-corrected chi connectivity index (χ3v) is 3.14. The number of unbranched alkanes of at least 4 members (excludes halogenated alkanes) is 1. The Morgan fingerprint density at radius 1 is 0.786 bits per heavy atom. The number of hydrogen-bond donors (Lipinski definition) is 1. The number of hydrogen-bond acceptors (Lipinski definition) is 6. The van der Waals surface area contributed by atoms with E-state index >= 15 is 0 Å². The van der Waals surface area contributed by atoms with Crippen LogP contribution < -0.4 is 10.1 Å². The first-order valence-corrected chi connectivity index (χ1v) is 10.4. The molecule has 6 nitrogen and oxygen atoms in total. The molecule has 28 heavy (non-hydrogen) atoms. The van der Waals surface area contributed by atoms with E-state index in [0.29, 0.717) is 39.6 Å². The normalized spacial score (nSPS) is 9.50. The topological polar surface area (TPSA) is 66.0 Å². The lowest BCUT2D eigenvalue weighted by atomic mass is 10.3. The maximum Gasteiger partial charge on any atom is 0.155 e. The number of benzene rings is 1. The molecule has 0 unspecified atom stereocenters. The summed E-state index contributed by atoms with van der Waals surface area (Å²) in [6.07, 6.45) is 1.91. The fourth-order valence-corrected chi connectivity index (χ4v) is 1.87. The van der Waals surface area contributed by atoms with Crippen molar-refractivity contribution in [2.45, 2.75) is 47.5 Å². The zero-order valence-electron chi connectivity index (χ0n) is 18.7. The van der Waals surface area contributed by atoms with Crippen LogP contribution in [0.1, 0.15) is 47.5 Å². The molecule has 0 aromatic heterocycles. The number of Topliss-reactive ketones (excluding diaryl/α,β-unsaturated/α-hetero) is 1. The Morgan fingerprint density at radius 2 is 1.29 bits per heavy atom. The summed E-state index contributed by atoms with van der Waals surface area (Å²) in [7, 11) is 1.89. The van der Waals surface area contributed by atoms with E-state index < -0.39 is 0 Å². The highest BCUT2D eigenvalue weighted by Gasteiger charge is 1.96. The second kappa shape index (κ2) is 23.4. The van der Waals surface area contributed by atoms with Crippen LogP contribution in [0.2, 0.25) is 0 Å². The van der Waals surface area contributed by atoms with Gasteiger partial charge in [0.15, 0.2) is 5.78 Å². The molecule has 0 atom stereocenters. The number of rotatable bonds is 15. The van der Waals surface area contributed by atoms with Crippen molar-refractivity contribution in [2.75, 3.05) is 58.6 Å². The molecule has 1 aromatic rings. The maximum absolute atomic E-state index is 10.6. The Kier molecular flexibility index (Phi) is 23.9. The Balaban J connectivity index is 0. The summed E-state index contributed by atoms with van der Waals surface area (Å²) in [5, 5.41) is 3.07. The molecule has 0 saturated carbocycles. The first kappa shape index (κ1) is 28.6. The number of carbonyl (C=O) groups excluding carboxylic acids is 1. The number of ketones is 1. The van der Waals surface area contributed by atoms with Crippen LogP contribution in [0.5, 0.6) is 5.75 Å². The molecule has 0 spiro atoms. The van der Waals surface area contributed by atoms with Gasteiger partial charge in [-0.3, -0.25) is 4.79 Å². The lowest BCUT2D eigenvalue weighted by Gasteiger charge is -2.08. The van der Waals surface area contributed by atoms with Crippen molar-refractivity contribution in [1.82, 2.24) is 0 Å². The van der Waals surface area contributed by atoms with E-state index in [2.05, 4.69) is 5.32 Å². The molecular formula is C22H41NO5. The first-order valence-electron chi connectivity index (χ1n) is 10.4. The number of nitrogens with one attached hydrogen (secondary N) is 1. The van der Waals surface area contributed by atoms with Gasteiger partial charge in [0.25, 0.3) is 0 Å². The third kappa shape index (κ3) is 19.1. The first-order chi connectivity index (χ1) is 13.7. The molecule has 0 radical (unpaired) electrons. The summed E-state index contributed by atoms with van der Waals surface area (Å²) in [6.45, 7) is 13.1. The van der Waals surface area contributed by atoms with Gasteiger partial charge in [-0.1, -0.05) is 27.7 Å². The highest BCUT2D eigenvalue weighted by Crippen LogP contribution is 2.15. The molecule has 0 amide bonds. The van der Waals surface area contributed by atoms with Gasteiger partial charge in [-0.2, -0.15) is 0 Å². The molecule has 1 N–H and O–H groups in total. The standard InChI is InChI=1S/C18H29NO5.2C2H6/c1-16(20)15-23-14-13-22-12-11-21-9-3-4-10-24-18-7-5-17(19-2)6-8-18;2*1-2/h5-8,19H,3-4,9-15H2,1-2H3;2*1-2H3. The van der Waals surface area contributed by atoms with E-state index in [9.17, 15) is 4.79 Å². The summed E-state index contributed by atoms with van der Waals surface area (Å²) < 4.78 is 21.5. The van der Waals surface area contributed by atoms with Gasteiger partial charge in [0, 0.05) is 19.3 Å². The molecule has 0 aliphatic heterocycles. The largest absolute Gasteiger partial charge is 0.494 e. The van der Waals surface area contributed by atoms with Crippen LogP contribution in [-0.2, 0) is 19.0 Å². The van der Waals surface area contributed by atoms with Crippen molar-refractivity contribution < 1.29 is 23.7 Å². The number of anilines is 1. The van der Waals surface area contributed by atoms with Crippen LogP contribution >= 0.6 is 0 Å². The highest BCUT2D eigenvalue weighted by molar-refractivity contribution is 5.76. The maximum atomic E-state index is 10.6. The molecule has 1 rings (SSSR count). The fourth-order valence-electron chi connectivity index (χ4n) is 1.87. The zero-order valence-corrected chi connectivity index (χ0v) is 18.7. The monoisotopic (exact) mass is 399 g/mol. The van der Waals surface area contributed by atoms with Crippen molar-refractivity contribution in [1.29, 1.82) is 0 Å². The van der Waals surface area contributed by atoms with E-state index in [4.69, 9.17) is 18.9 Å². The minimum atomic E-state index is 0.0253. The summed E-state index contributed by atoms with van der Waals surface area (Å²) in [4.78, 5) is 10.6. The van der Waals surface area contributed by atoms with Gasteiger partial charge >= 0.3 is 0 Å². The van der Waals surface area contributed by atoms with Gasteiger partial charge in [-0.25, -0.2) is 0 Å². The lowest BCUT2D eigenvalue weighted by Crippen LogP contribution is -2.12. The quantitative estimate of drug-likeness (QED) is 0.436. The van der Waals surface area contributed by atoms with E-state index in [0.717, 1.165) is 24.3 Å². The second-order valence-electron chi connectivity index (χ2n) is 5.31. The van der Waals surface area contributed by atoms with Crippen LogP contribution in [0.4, 0.5) is 5.69 Å². The molecule has 0 aliphatic rings. The number of carbonyl (C=O) groups is 1. The van der Waals surface area contributed by atoms with Crippen LogP contribution in [-0.4, -0.2) is 59.1 Å². The van der Waals surface area contributed by atoms with Gasteiger partial charge in [-0.05, 0) is 44.0 Å². The van der Waals surface area contributed by atoms with Gasteiger partial charge in [-0.15, -0.1) is 0 Å². The molecule has 0 saturated heterocycles. The predicted octanol–water partition coefficient (Wildman–Crippen LogP) is 4.58. The van der Waals surface area contributed by atoms with E-state index in [-0.39, 0.29) is 12.4 Å². The molecule has 6 heteroatoms. The van der Waals surface area contributed by atoms with Gasteiger partial charge in [0.05, 0.1) is 33.0 Å². The van der Waals surface area contributed by atoms with Crippen molar-refractivity contribution in [3.8, 4) is 5.75 Å². The van der Waals surface area contributed by atoms with Crippen molar-refractivity contribution in [2.24, 2.45) is 0 Å². The molecular weight excluding hydrogens is 358 g/mol. The average molecular weight is 400 g/mol. The lowest BCUT2D eigenvalue weighted by molar-refractivity contribution is -0.122. The van der Waals surface area contributed by atoms with E-state index in [1.165, 1.54) is 6.92 Å². The fraction of sp³-hybridized carbons (Fsp3) is 0.682. The summed E-state index contributed by atoms with van der Waals surface area (Å²) in [5.41, 5.74) is 1.07. The minimum absolute atomic E-state index is 0.0253. The number of ether oxygens (including phenoxy) is 4. The van der Waals surface area contributed by atoms with Crippen LogP contribution in [0, 0.1) is 0 Å². The van der Waals surface area contributed by atoms with Crippen molar-refractivity contribution >= 4 is 11.5 Å². The Morgan fingerprint density at radius 3 is 1.82 bits per heavy atom. The van der Waals surface area contributed by atoms with E-state index in [1.807, 2.05) is 59.0 Å². The predicted molar refractivity (Wildman–Crippen MR) is 117 cm³/mol. The van der Waals surface area contributed by atoms with E-state index in [1.54, 1.807) is 0 Å². The summed E-state index contributed by atoms with van der Waals surface area (Å²) in [5.74, 6) is 0.910. The van der Waals surface area contributed by atoms with Gasteiger partial charge < -0.3 is 24.3 Å². The Bertz CT molecular complexity index is 437. The molecule has 0 bridgehead atoms. The molecule has 1 aromatic carbocycles. The SMILES string of the molecule is CC.CC.CNc1ccc(OCCCCOCCOCCOCC(C)=O)cc1. The molecule has 0 fully saturated rings. The Labute approximate surface area is 171 Å². The molecule has 0 heterocycles.